The Morgan fingerprint density at radius 3 is 2.70 bits per heavy atom. The molecule has 1 atom stereocenters. The van der Waals surface area contributed by atoms with Crippen LogP contribution in [0.2, 0.25) is 0 Å². The Hall–Kier alpha value is -2.03. The molecule has 23 heavy (non-hydrogen) atoms. The molecular formula is C15H17FN2O4S. The summed E-state index contributed by atoms with van der Waals surface area (Å²) in [7, 11) is -0.961. The van der Waals surface area contributed by atoms with E-state index in [9.17, 15) is 12.8 Å². The molecule has 1 heterocycles. The molecule has 0 aliphatic heterocycles. The fourth-order valence-corrected chi connectivity index (χ4v) is 3.20. The normalized spacial score (nSPS) is 12.8. The van der Waals surface area contributed by atoms with E-state index < -0.39 is 21.9 Å². The van der Waals surface area contributed by atoms with E-state index in [2.05, 4.69) is 9.71 Å². The van der Waals surface area contributed by atoms with Crippen molar-refractivity contribution in [2.45, 2.75) is 10.9 Å². The Bertz CT molecular complexity index is 768. The standard InChI is InChI=1S/C15H17FN2O4S/c1-21-10-15(11-4-3-5-13(6-11)22-2)18-23(19,20)14-7-12(16)8-17-9-14/h3-9,15,18H,10H2,1-2H3. The Kier molecular flexibility index (Phi) is 5.64. The highest BCUT2D eigenvalue weighted by Crippen LogP contribution is 2.21. The summed E-state index contributed by atoms with van der Waals surface area (Å²) in [5.41, 5.74) is 0.666. The highest BCUT2D eigenvalue weighted by Gasteiger charge is 2.22. The number of nitrogens with zero attached hydrogens (tertiary/aromatic N) is 1. The van der Waals surface area contributed by atoms with Gasteiger partial charge in [-0.3, -0.25) is 4.98 Å². The monoisotopic (exact) mass is 340 g/mol. The second-order valence-electron chi connectivity index (χ2n) is 4.74. The second kappa shape index (κ2) is 7.49. The van der Waals surface area contributed by atoms with Gasteiger partial charge in [0, 0.05) is 13.3 Å². The third kappa shape index (κ3) is 4.47. The third-order valence-electron chi connectivity index (χ3n) is 3.12. The molecule has 0 fully saturated rings. The Labute approximate surface area is 134 Å². The topological polar surface area (TPSA) is 77.5 Å². The first-order valence-corrected chi connectivity index (χ1v) is 8.20. The lowest BCUT2D eigenvalue weighted by Crippen LogP contribution is -2.31. The number of nitrogens with one attached hydrogen (secondary N) is 1. The van der Waals surface area contributed by atoms with Gasteiger partial charge in [0.25, 0.3) is 0 Å². The van der Waals surface area contributed by atoms with Crippen LogP contribution in [-0.2, 0) is 14.8 Å². The number of hydrogen-bond donors (Lipinski definition) is 1. The Morgan fingerprint density at radius 1 is 1.26 bits per heavy atom. The third-order valence-corrected chi connectivity index (χ3v) is 4.56. The van der Waals surface area contributed by atoms with Crippen LogP contribution in [0, 0.1) is 5.82 Å². The number of pyridine rings is 1. The van der Waals surface area contributed by atoms with E-state index in [1.807, 2.05) is 0 Å². The fraction of sp³-hybridized carbons (Fsp3) is 0.267. The molecule has 0 saturated heterocycles. The molecule has 8 heteroatoms. The average Bonchev–Trinajstić information content (AvgIpc) is 2.54. The zero-order chi connectivity index (χ0) is 16.9. The van der Waals surface area contributed by atoms with Gasteiger partial charge in [-0.1, -0.05) is 12.1 Å². The number of methoxy groups -OCH3 is 2. The van der Waals surface area contributed by atoms with Gasteiger partial charge < -0.3 is 9.47 Å². The van der Waals surface area contributed by atoms with E-state index in [1.54, 1.807) is 24.3 Å². The summed E-state index contributed by atoms with van der Waals surface area (Å²) in [4.78, 5) is 3.31. The first-order valence-electron chi connectivity index (χ1n) is 6.72. The SMILES string of the molecule is COCC(NS(=O)(=O)c1cncc(F)c1)c1cccc(OC)c1. The Morgan fingerprint density at radius 2 is 2.04 bits per heavy atom. The number of aromatic nitrogens is 1. The van der Waals surface area contributed by atoms with Gasteiger partial charge in [0.1, 0.15) is 16.5 Å². The van der Waals surface area contributed by atoms with Crippen molar-refractivity contribution in [3.63, 3.8) is 0 Å². The van der Waals surface area contributed by atoms with Crippen LogP contribution in [0.3, 0.4) is 0 Å². The van der Waals surface area contributed by atoms with Gasteiger partial charge in [-0.05, 0) is 23.8 Å². The van der Waals surface area contributed by atoms with Gasteiger partial charge >= 0.3 is 0 Å². The summed E-state index contributed by atoms with van der Waals surface area (Å²) in [6.07, 6.45) is 2.02. The molecule has 0 spiro atoms. The van der Waals surface area contributed by atoms with Crippen molar-refractivity contribution in [1.29, 1.82) is 0 Å². The Balaban J connectivity index is 2.31. The molecule has 1 N–H and O–H groups in total. The summed E-state index contributed by atoms with van der Waals surface area (Å²) in [6.45, 7) is 0.106. The van der Waals surface area contributed by atoms with Crippen LogP contribution in [0.5, 0.6) is 5.75 Å². The van der Waals surface area contributed by atoms with Crippen molar-refractivity contribution in [2.24, 2.45) is 0 Å². The minimum absolute atomic E-state index is 0.106. The summed E-state index contributed by atoms with van der Waals surface area (Å²) in [5, 5.41) is 0. The number of sulfonamides is 1. The van der Waals surface area contributed by atoms with Crippen molar-refractivity contribution >= 4 is 10.0 Å². The van der Waals surface area contributed by atoms with Gasteiger partial charge in [-0.2, -0.15) is 0 Å². The van der Waals surface area contributed by atoms with Crippen LogP contribution < -0.4 is 9.46 Å². The zero-order valence-electron chi connectivity index (χ0n) is 12.7. The lowest BCUT2D eigenvalue weighted by Gasteiger charge is -2.19. The first-order chi connectivity index (χ1) is 11.0. The quantitative estimate of drug-likeness (QED) is 0.833. The molecule has 0 bridgehead atoms. The van der Waals surface area contributed by atoms with Crippen LogP contribution >= 0.6 is 0 Å². The minimum atomic E-state index is -3.95. The molecule has 124 valence electrons. The number of halogens is 1. The molecule has 2 aromatic rings. The lowest BCUT2D eigenvalue weighted by atomic mass is 10.1. The van der Waals surface area contributed by atoms with Crippen molar-refractivity contribution in [2.75, 3.05) is 20.8 Å². The summed E-state index contributed by atoms with van der Waals surface area (Å²) in [6, 6.07) is 7.20. The molecule has 0 amide bonds. The molecule has 1 aromatic carbocycles. The molecule has 2 rings (SSSR count). The number of hydrogen-bond acceptors (Lipinski definition) is 5. The van der Waals surface area contributed by atoms with E-state index in [1.165, 1.54) is 14.2 Å². The van der Waals surface area contributed by atoms with Crippen LogP contribution in [0.15, 0.2) is 47.6 Å². The van der Waals surface area contributed by atoms with Crippen molar-refractivity contribution < 1.29 is 22.3 Å². The number of rotatable bonds is 7. The van der Waals surface area contributed by atoms with Crippen molar-refractivity contribution in [1.82, 2.24) is 9.71 Å². The lowest BCUT2D eigenvalue weighted by molar-refractivity contribution is 0.175. The van der Waals surface area contributed by atoms with Gasteiger partial charge in [0.2, 0.25) is 10.0 Å². The zero-order valence-corrected chi connectivity index (χ0v) is 13.5. The molecule has 0 aliphatic rings. The second-order valence-corrected chi connectivity index (χ2v) is 6.46. The van der Waals surface area contributed by atoms with E-state index >= 15 is 0 Å². The van der Waals surface area contributed by atoms with Gasteiger partial charge in [0.05, 0.1) is 26.0 Å². The van der Waals surface area contributed by atoms with Crippen molar-refractivity contribution in [3.8, 4) is 5.75 Å². The van der Waals surface area contributed by atoms with E-state index in [-0.39, 0.29) is 11.5 Å². The van der Waals surface area contributed by atoms with Gasteiger partial charge in [0.15, 0.2) is 0 Å². The maximum absolute atomic E-state index is 13.2. The van der Waals surface area contributed by atoms with Crippen LogP contribution in [0.4, 0.5) is 4.39 Å². The van der Waals surface area contributed by atoms with Gasteiger partial charge in [-0.25, -0.2) is 17.5 Å². The fourth-order valence-electron chi connectivity index (χ4n) is 2.02. The van der Waals surface area contributed by atoms with E-state index in [0.29, 0.717) is 11.3 Å². The summed E-state index contributed by atoms with van der Waals surface area (Å²) >= 11 is 0. The van der Waals surface area contributed by atoms with Crippen LogP contribution in [-0.4, -0.2) is 34.2 Å². The van der Waals surface area contributed by atoms with Gasteiger partial charge in [-0.15, -0.1) is 0 Å². The highest BCUT2D eigenvalue weighted by atomic mass is 32.2. The largest absolute Gasteiger partial charge is 0.497 e. The van der Waals surface area contributed by atoms with Crippen LogP contribution in [0.25, 0.3) is 0 Å². The summed E-state index contributed by atoms with van der Waals surface area (Å²) in [5.74, 6) is -0.132. The maximum atomic E-state index is 13.2. The minimum Gasteiger partial charge on any atom is -0.497 e. The molecule has 0 radical (unpaired) electrons. The highest BCUT2D eigenvalue weighted by molar-refractivity contribution is 7.89. The first kappa shape index (κ1) is 17.3. The predicted octanol–water partition coefficient (Wildman–Crippen LogP) is 1.90. The predicted molar refractivity (Wildman–Crippen MR) is 82.1 cm³/mol. The van der Waals surface area contributed by atoms with E-state index in [0.717, 1.165) is 18.5 Å². The molecule has 1 aromatic heterocycles. The molecule has 1 unspecified atom stereocenters. The number of benzene rings is 1. The van der Waals surface area contributed by atoms with Crippen molar-refractivity contribution in [3.05, 3.63) is 54.1 Å². The molecule has 0 aliphatic carbocycles. The average molecular weight is 340 g/mol. The maximum Gasteiger partial charge on any atom is 0.242 e. The molecule has 0 saturated carbocycles. The van der Waals surface area contributed by atoms with E-state index in [4.69, 9.17) is 9.47 Å². The smallest absolute Gasteiger partial charge is 0.242 e. The summed E-state index contributed by atoms with van der Waals surface area (Å²) < 4.78 is 50.7. The molecular weight excluding hydrogens is 323 g/mol. The molecule has 6 nitrogen and oxygen atoms in total. The van der Waals surface area contributed by atoms with Crippen LogP contribution in [0.1, 0.15) is 11.6 Å². The number of ether oxygens (including phenoxy) is 2.